The Bertz CT molecular complexity index is 614. The van der Waals surface area contributed by atoms with E-state index >= 15 is 0 Å². The number of aliphatic hydroxyl groups is 2. The number of likely N-dealkylation sites (tertiary alicyclic amines) is 1. The van der Waals surface area contributed by atoms with Crippen molar-refractivity contribution in [2.45, 2.75) is 31.5 Å². The van der Waals surface area contributed by atoms with Gasteiger partial charge >= 0.3 is 0 Å². The highest BCUT2D eigenvalue weighted by Gasteiger charge is 2.34. The normalized spacial score (nSPS) is 16.3. The van der Waals surface area contributed by atoms with Crippen LogP contribution in [0.25, 0.3) is 0 Å². The second kappa shape index (κ2) is 10.2. The minimum Gasteiger partial charge on any atom is -0.494 e. The first-order valence-corrected chi connectivity index (χ1v) is 9.22. The first-order chi connectivity index (χ1) is 12.9. The molecule has 1 heterocycles. The molecule has 150 valence electrons. The van der Waals surface area contributed by atoms with E-state index in [0.29, 0.717) is 31.1 Å². The molecule has 27 heavy (non-hydrogen) atoms. The first-order valence-electron chi connectivity index (χ1n) is 9.22. The summed E-state index contributed by atoms with van der Waals surface area (Å²) in [5.74, 6) is -0.761. The molecule has 2 rings (SSSR count). The van der Waals surface area contributed by atoms with Crippen molar-refractivity contribution in [3.63, 3.8) is 0 Å². The van der Waals surface area contributed by atoms with E-state index < -0.39 is 24.0 Å². The molecule has 1 aromatic carbocycles. The quantitative estimate of drug-likeness (QED) is 0.534. The summed E-state index contributed by atoms with van der Waals surface area (Å²) >= 11 is 0. The maximum atomic E-state index is 12.1. The number of carbonyl (C=O) groups excluding carboxylic acids is 2. The molecule has 0 saturated carbocycles. The molecular formula is C19H29N3O5. The van der Waals surface area contributed by atoms with Crippen molar-refractivity contribution in [3.05, 3.63) is 24.3 Å². The fourth-order valence-electron chi connectivity index (χ4n) is 2.82. The van der Waals surface area contributed by atoms with Gasteiger partial charge in [-0.05, 0) is 57.6 Å². The first kappa shape index (κ1) is 21.1. The summed E-state index contributed by atoms with van der Waals surface area (Å²) in [6.07, 6.45) is -0.947. The molecule has 1 fully saturated rings. The van der Waals surface area contributed by atoms with Crippen LogP contribution < -0.4 is 10.1 Å². The monoisotopic (exact) mass is 379 g/mol. The maximum Gasteiger partial charge on any atom is 0.256 e. The Morgan fingerprint density at radius 3 is 2.37 bits per heavy atom. The van der Waals surface area contributed by atoms with Crippen LogP contribution >= 0.6 is 0 Å². The van der Waals surface area contributed by atoms with Crippen molar-refractivity contribution in [2.75, 3.05) is 45.7 Å². The average molecular weight is 379 g/mol. The molecule has 1 aliphatic rings. The number of rotatable bonds is 9. The summed E-state index contributed by atoms with van der Waals surface area (Å²) in [7, 11) is 4.00. The number of amides is 2. The number of carbonyl (C=O) groups is 2. The SMILES string of the molecule is CN(C)CCCOc1ccc(NC(=O)[C@H](O)[C@@H](O)C(=O)N2CCCC2)cc1. The minimum absolute atomic E-state index is 0.445. The van der Waals surface area contributed by atoms with Gasteiger partial charge < -0.3 is 30.1 Å². The highest BCUT2D eigenvalue weighted by Crippen LogP contribution is 2.17. The van der Waals surface area contributed by atoms with E-state index in [4.69, 9.17) is 4.74 Å². The van der Waals surface area contributed by atoms with Gasteiger partial charge in [0.25, 0.3) is 11.8 Å². The molecule has 1 aromatic rings. The van der Waals surface area contributed by atoms with E-state index in [1.165, 1.54) is 4.90 Å². The lowest BCUT2D eigenvalue weighted by Crippen LogP contribution is -2.48. The molecule has 0 unspecified atom stereocenters. The third kappa shape index (κ3) is 6.50. The van der Waals surface area contributed by atoms with E-state index in [1.54, 1.807) is 24.3 Å². The number of nitrogens with zero attached hydrogens (tertiary/aromatic N) is 2. The van der Waals surface area contributed by atoms with Gasteiger partial charge in [0.15, 0.2) is 12.2 Å². The van der Waals surface area contributed by atoms with Crippen molar-refractivity contribution >= 4 is 17.5 Å². The zero-order valence-electron chi connectivity index (χ0n) is 15.9. The third-order valence-corrected chi connectivity index (χ3v) is 4.38. The second-order valence-electron chi connectivity index (χ2n) is 6.94. The highest BCUT2D eigenvalue weighted by molar-refractivity contribution is 5.98. The summed E-state index contributed by atoms with van der Waals surface area (Å²) in [5.41, 5.74) is 0.445. The maximum absolute atomic E-state index is 12.1. The Morgan fingerprint density at radius 1 is 1.15 bits per heavy atom. The van der Waals surface area contributed by atoms with Gasteiger partial charge in [-0.1, -0.05) is 0 Å². The van der Waals surface area contributed by atoms with Gasteiger partial charge in [0.05, 0.1) is 6.61 Å². The molecule has 0 spiro atoms. The Hall–Kier alpha value is -2.16. The van der Waals surface area contributed by atoms with E-state index in [9.17, 15) is 19.8 Å². The molecule has 3 N–H and O–H groups in total. The van der Waals surface area contributed by atoms with Crippen LogP contribution in [0.4, 0.5) is 5.69 Å². The zero-order valence-corrected chi connectivity index (χ0v) is 15.9. The van der Waals surface area contributed by atoms with Crippen LogP contribution in [0.2, 0.25) is 0 Å². The number of hydrogen-bond acceptors (Lipinski definition) is 6. The van der Waals surface area contributed by atoms with Crippen LogP contribution in [0, 0.1) is 0 Å². The summed E-state index contributed by atoms with van der Waals surface area (Å²) in [5, 5.41) is 22.5. The molecule has 2 atom stereocenters. The molecule has 1 aliphatic heterocycles. The van der Waals surface area contributed by atoms with Gasteiger partial charge in [0, 0.05) is 25.3 Å². The molecule has 0 aromatic heterocycles. The van der Waals surface area contributed by atoms with Gasteiger partial charge in [-0.25, -0.2) is 0 Å². The average Bonchev–Trinajstić information content (AvgIpc) is 3.19. The number of hydrogen-bond donors (Lipinski definition) is 3. The molecule has 2 amide bonds. The topological polar surface area (TPSA) is 102 Å². The van der Waals surface area contributed by atoms with Crippen molar-refractivity contribution in [1.82, 2.24) is 9.80 Å². The van der Waals surface area contributed by atoms with E-state index in [2.05, 4.69) is 10.2 Å². The number of nitrogens with one attached hydrogen (secondary N) is 1. The fraction of sp³-hybridized carbons (Fsp3) is 0.579. The van der Waals surface area contributed by atoms with Crippen LogP contribution in [-0.4, -0.2) is 84.4 Å². The van der Waals surface area contributed by atoms with E-state index in [-0.39, 0.29) is 0 Å². The number of anilines is 1. The van der Waals surface area contributed by atoms with Crippen molar-refractivity contribution in [2.24, 2.45) is 0 Å². The van der Waals surface area contributed by atoms with Crippen LogP contribution in [0.15, 0.2) is 24.3 Å². The molecule has 1 saturated heterocycles. The van der Waals surface area contributed by atoms with Gasteiger partial charge in [-0.3, -0.25) is 9.59 Å². The predicted octanol–water partition coefficient (Wildman–Crippen LogP) is 0.300. The van der Waals surface area contributed by atoms with Crippen molar-refractivity contribution in [3.8, 4) is 5.75 Å². The second-order valence-corrected chi connectivity index (χ2v) is 6.94. The molecule has 0 aliphatic carbocycles. The fourth-order valence-corrected chi connectivity index (χ4v) is 2.82. The minimum atomic E-state index is -1.82. The largest absolute Gasteiger partial charge is 0.494 e. The Labute approximate surface area is 159 Å². The van der Waals surface area contributed by atoms with Gasteiger partial charge in [0.2, 0.25) is 0 Å². The summed E-state index contributed by atoms with van der Waals surface area (Å²) in [6, 6.07) is 6.70. The van der Waals surface area contributed by atoms with Crippen LogP contribution in [0.5, 0.6) is 5.75 Å². The molecule has 0 bridgehead atoms. The summed E-state index contributed by atoms with van der Waals surface area (Å²) in [4.78, 5) is 27.7. The van der Waals surface area contributed by atoms with Gasteiger partial charge in [-0.15, -0.1) is 0 Å². The molecule has 0 radical (unpaired) electrons. The Balaban J connectivity index is 1.81. The van der Waals surface area contributed by atoms with Crippen molar-refractivity contribution < 1.29 is 24.5 Å². The Morgan fingerprint density at radius 2 is 1.78 bits per heavy atom. The van der Waals surface area contributed by atoms with E-state index in [1.807, 2.05) is 14.1 Å². The lowest BCUT2D eigenvalue weighted by atomic mass is 10.1. The molecular weight excluding hydrogens is 350 g/mol. The van der Waals surface area contributed by atoms with Gasteiger partial charge in [-0.2, -0.15) is 0 Å². The smallest absolute Gasteiger partial charge is 0.256 e. The number of ether oxygens (including phenoxy) is 1. The Kier molecular flexibility index (Phi) is 8.02. The third-order valence-electron chi connectivity index (χ3n) is 4.38. The van der Waals surface area contributed by atoms with Crippen LogP contribution in [-0.2, 0) is 9.59 Å². The molecule has 8 heteroatoms. The van der Waals surface area contributed by atoms with Crippen LogP contribution in [0.3, 0.4) is 0 Å². The number of benzene rings is 1. The standard InChI is InChI=1S/C19H29N3O5/c1-21(2)10-5-13-27-15-8-6-14(7-9-15)20-18(25)16(23)17(24)19(26)22-11-3-4-12-22/h6-9,16-17,23-24H,3-5,10-13H2,1-2H3,(H,20,25)/t16-,17-/m1/s1. The number of aliphatic hydroxyl groups excluding tert-OH is 2. The predicted molar refractivity (Wildman–Crippen MR) is 102 cm³/mol. The van der Waals surface area contributed by atoms with Gasteiger partial charge in [0.1, 0.15) is 5.75 Å². The molecule has 8 nitrogen and oxygen atoms in total. The van der Waals surface area contributed by atoms with E-state index in [0.717, 1.165) is 25.8 Å². The zero-order chi connectivity index (χ0) is 19.8. The lowest BCUT2D eigenvalue weighted by Gasteiger charge is -2.22. The highest BCUT2D eigenvalue weighted by atomic mass is 16.5. The summed E-state index contributed by atoms with van der Waals surface area (Å²) < 4.78 is 5.61. The van der Waals surface area contributed by atoms with Crippen LogP contribution in [0.1, 0.15) is 19.3 Å². The summed E-state index contributed by atoms with van der Waals surface area (Å²) in [6.45, 7) is 2.61. The lowest BCUT2D eigenvalue weighted by molar-refractivity contribution is -0.150. The van der Waals surface area contributed by atoms with Crippen molar-refractivity contribution in [1.29, 1.82) is 0 Å².